The summed E-state index contributed by atoms with van der Waals surface area (Å²) in [6.45, 7) is 2.12. The van der Waals surface area contributed by atoms with Gasteiger partial charge in [-0.1, -0.05) is 48.6 Å². The Hall–Kier alpha value is -2.35. The average molecular weight is 266 g/mol. The first-order valence-electron chi connectivity index (χ1n) is 6.60. The van der Waals surface area contributed by atoms with Gasteiger partial charge in [0.15, 0.2) is 0 Å². The summed E-state index contributed by atoms with van der Waals surface area (Å²) in [5.41, 5.74) is 4.28. The summed E-state index contributed by atoms with van der Waals surface area (Å²) >= 11 is 0. The van der Waals surface area contributed by atoms with Gasteiger partial charge in [-0.25, -0.2) is 4.79 Å². The first-order valence-corrected chi connectivity index (χ1v) is 6.60. The molecule has 2 nitrogen and oxygen atoms in total. The number of esters is 1. The predicted octanol–water partition coefficient (Wildman–Crippen LogP) is 4.04. The number of hydrogen-bond donors (Lipinski definition) is 0. The Morgan fingerprint density at radius 1 is 1.10 bits per heavy atom. The van der Waals surface area contributed by atoms with E-state index in [-0.39, 0.29) is 5.97 Å². The van der Waals surface area contributed by atoms with Crippen LogP contribution in [0.25, 0.3) is 6.08 Å². The number of methoxy groups -OCH3 is 1. The molecule has 0 aromatic heterocycles. The Bertz CT molecular complexity index is 610. The van der Waals surface area contributed by atoms with Crippen molar-refractivity contribution in [2.75, 3.05) is 7.11 Å². The second-order valence-electron chi connectivity index (χ2n) is 4.65. The molecule has 0 unspecified atom stereocenters. The third kappa shape index (κ3) is 3.58. The van der Waals surface area contributed by atoms with E-state index in [1.807, 2.05) is 18.2 Å². The van der Waals surface area contributed by atoms with Gasteiger partial charge >= 0.3 is 5.97 Å². The van der Waals surface area contributed by atoms with Gasteiger partial charge in [-0.2, -0.15) is 0 Å². The monoisotopic (exact) mass is 266 g/mol. The molecule has 0 saturated carbocycles. The van der Waals surface area contributed by atoms with Crippen molar-refractivity contribution in [3.8, 4) is 0 Å². The maximum Gasteiger partial charge on any atom is 0.337 e. The number of rotatable bonds is 4. The number of ether oxygens (including phenoxy) is 1. The molecule has 0 fully saturated rings. The lowest BCUT2D eigenvalue weighted by molar-refractivity contribution is 0.0601. The van der Waals surface area contributed by atoms with Gasteiger partial charge in [-0.3, -0.25) is 0 Å². The van der Waals surface area contributed by atoms with E-state index < -0.39 is 0 Å². The van der Waals surface area contributed by atoms with Crippen LogP contribution in [0, 0.1) is 6.92 Å². The van der Waals surface area contributed by atoms with Crippen molar-refractivity contribution in [1.29, 1.82) is 0 Å². The largest absolute Gasteiger partial charge is 0.465 e. The van der Waals surface area contributed by atoms with Gasteiger partial charge in [0.25, 0.3) is 0 Å². The zero-order chi connectivity index (χ0) is 14.4. The molecular formula is C18H18O2. The number of benzene rings is 2. The van der Waals surface area contributed by atoms with E-state index >= 15 is 0 Å². The Kier molecular flexibility index (Phi) is 4.72. The number of allylic oxidation sites excluding steroid dienone is 1. The fourth-order valence-corrected chi connectivity index (χ4v) is 2.01. The van der Waals surface area contributed by atoms with Gasteiger partial charge in [0.1, 0.15) is 0 Å². The molecule has 0 radical (unpaired) electrons. The van der Waals surface area contributed by atoms with E-state index in [9.17, 15) is 4.79 Å². The van der Waals surface area contributed by atoms with E-state index in [0.29, 0.717) is 5.56 Å². The minimum Gasteiger partial charge on any atom is -0.465 e. The number of aryl methyl sites for hydroxylation is 1. The van der Waals surface area contributed by atoms with Crippen LogP contribution in [0.1, 0.15) is 27.0 Å². The van der Waals surface area contributed by atoms with Crippen LogP contribution in [-0.2, 0) is 11.2 Å². The normalized spacial score (nSPS) is 10.7. The summed E-state index contributed by atoms with van der Waals surface area (Å²) in [5.74, 6) is -0.305. The van der Waals surface area contributed by atoms with Crippen LogP contribution >= 0.6 is 0 Å². The van der Waals surface area contributed by atoms with Gasteiger partial charge in [0, 0.05) is 0 Å². The van der Waals surface area contributed by atoms with Crippen molar-refractivity contribution < 1.29 is 9.53 Å². The molecule has 0 aliphatic rings. The first kappa shape index (κ1) is 14.1. The zero-order valence-corrected chi connectivity index (χ0v) is 11.8. The van der Waals surface area contributed by atoms with E-state index in [1.165, 1.54) is 18.2 Å². The Morgan fingerprint density at radius 2 is 1.80 bits per heavy atom. The number of hydrogen-bond acceptors (Lipinski definition) is 2. The van der Waals surface area contributed by atoms with Crippen molar-refractivity contribution in [1.82, 2.24) is 0 Å². The summed E-state index contributed by atoms with van der Waals surface area (Å²) in [5, 5.41) is 0. The van der Waals surface area contributed by atoms with E-state index in [4.69, 9.17) is 0 Å². The van der Waals surface area contributed by atoms with Gasteiger partial charge in [-0.05, 0) is 42.2 Å². The summed E-state index contributed by atoms with van der Waals surface area (Å²) < 4.78 is 4.67. The molecule has 0 bridgehead atoms. The molecule has 2 aromatic carbocycles. The molecule has 0 aliphatic carbocycles. The minimum atomic E-state index is -0.305. The summed E-state index contributed by atoms with van der Waals surface area (Å²) in [4.78, 5) is 11.3. The highest BCUT2D eigenvalue weighted by Crippen LogP contribution is 2.11. The third-order valence-corrected chi connectivity index (χ3v) is 3.24. The molecule has 0 spiro atoms. The van der Waals surface area contributed by atoms with Gasteiger partial charge in [-0.15, -0.1) is 0 Å². The zero-order valence-electron chi connectivity index (χ0n) is 11.8. The summed E-state index contributed by atoms with van der Waals surface area (Å²) in [6, 6.07) is 15.8. The highest BCUT2D eigenvalue weighted by atomic mass is 16.5. The van der Waals surface area contributed by atoms with Crippen molar-refractivity contribution >= 4 is 12.0 Å². The number of carbonyl (C=O) groups is 1. The van der Waals surface area contributed by atoms with E-state index in [2.05, 4.69) is 42.0 Å². The summed E-state index contributed by atoms with van der Waals surface area (Å²) in [7, 11) is 1.39. The lowest BCUT2D eigenvalue weighted by Gasteiger charge is -2.01. The quantitative estimate of drug-likeness (QED) is 0.781. The van der Waals surface area contributed by atoms with Gasteiger partial charge in [0.05, 0.1) is 12.7 Å². The molecule has 2 rings (SSSR count). The van der Waals surface area contributed by atoms with E-state index in [0.717, 1.165) is 12.0 Å². The van der Waals surface area contributed by atoms with Gasteiger partial charge in [0.2, 0.25) is 0 Å². The third-order valence-electron chi connectivity index (χ3n) is 3.24. The lowest BCUT2D eigenvalue weighted by atomic mass is 10.0. The predicted molar refractivity (Wildman–Crippen MR) is 81.7 cm³/mol. The Morgan fingerprint density at radius 3 is 2.45 bits per heavy atom. The topological polar surface area (TPSA) is 26.3 Å². The van der Waals surface area contributed by atoms with Crippen LogP contribution in [0.4, 0.5) is 0 Å². The van der Waals surface area contributed by atoms with Crippen LogP contribution in [-0.4, -0.2) is 13.1 Å². The maximum atomic E-state index is 11.3. The Labute approximate surface area is 119 Å². The second kappa shape index (κ2) is 6.71. The van der Waals surface area contributed by atoms with Crippen LogP contribution in [0.15, 0.2) is 54.6 Å². The second-order valence-corrected chi connectivity index (χ2v) is 4.65. The smallest absolute Gasteiger partial charge is 0.337 e. The minimum absolute atomic E-state index is 0.305. The van der Waals surface area contributed by atoms with Crippen LogP contribution < -0.4 is 0 Å². The van der Waals surface area contributed by atoms with Gasteiger partial charge < -0.3 is 4.74 Å². The first-order chi connectivity index (χ1) is 9.70. The molecule has 2 aromatic rings. The average Bonchev–Trinajstić information content (AvgIpc) is 2.49. The molecule has 0 aliphatic heterocycles. The van der Waals surface area contributed by atoms with Crippen molar-refractivity contribution in [2.45, 2.75) is 13.3 Å². The molecule has 0 heterocycles. The molecular weight excluding hydrogens is 248 g/mol. The molecule has 102 valence electrons. The van der Waals surface area contributed by atoms with Crippen LogP contribution in [0.3, 0.4) is 0 Å². The van der Waals surface area contributed by atoms with Crippen molar-refractivity contribution in [3.05, 3.63) is 76.9 Å². The van der Waals surface area contributed by atoms with Crippen molar-refractivity contribution in [2.24, 2.45) is 0 Å². The maximum absolute atomic E-state index is 11.3. The fourth-order valence-electron chi connectivity index (χ4n) is 2.01. The standard InChI is InChI=1S/C18H18O2/c1-14-6-3-4-8-16(14)9-5-7-15-10-12-17(13-11-15)18(19)20-2/h3-8,10-13H,9H2,1-2H3/b7-5+. The SMILES string of the molecule is COC(=O)c1ccc(/C=C/Cc2ccccc2C)cc1. The molecule has 20 heavy (non-hydrogen) atoms. The fraction of sp³-hybridized carbons (Fsp3) is 0.167. The van der Waals surface area contributed by atoms with Crippen molar-refractivity contribution in [3.63, 3.8) is 0 Å². The molecule has 0 N–H and O–H groups in total. The lowest BCUT2D eigenvalue weighted by Crippen LogP contribution is -2.00. The van der Waals surface area contributed by atoms with Crippen LogP contribution in [0.5, 0.6) is 0 Å². The highest BCUT2D eigenvalue weighted by Gasteiger charge is 2.02. The van der Waals surface area contributed by atoms with Crippen LogP contribution in [0.2, 0.25) is 0 Å². The summed E-state index contributed by atoms with van der Waals surface area (Å²) in [6.07, 6.45) is 5.11. The van der Waals surface area contributed by atoms with E-state index in [1.54, 1.807) is 12.1 Å². The molecule has 0 saturated heterocycles. The highest BCUT2D eigenvalue weighted by molar-refractivity contribution is 5.89. The molecule has 0 amide bonds. The number of carbonyl (C=O) groups excluding carboxylic acids is 1. The molecule has 0 atom stereocenters. The Balaban J connectivity index is 2.01. The molecule has 2 heteroatoms.